The Morgan fingerprint density at radius 3 is 2.74 bits per heavy atom. The van der Waals surface area contributed by atoms with Crippen LogP contribution in [0, 0.1) is 6.92 Å². The van der Waals surface area contributed by atoms with Crippen LogP contribution in [0.15, 0.2) is 10.3 Å². The van der Waals surface area contributed by atoms with Crippen molar-refractivity contribution in [3.05, 3.63) is 32.3 Å². The van der Waals surface area contributed by atoms with Crippen LogP contribution in [0.3, 0.4) is 0 Å². The minimum absolute atomic E-state index is 0.0209. The van der Waals surface area contributed by atoms with E-state index in [-0.39, 0.29) is 16.5 Å². The van der Waals surface area contributed by atoms with Crippen molar-refractivity contribution in [1.82, 2.24) is 19.9 Å². The van der Waals surface area contributed by atoms with E-state index in [0.29, 0.717) is 37.4 Å². The van der Waals surface area contributed by atoms with Crippen molar-refractivity contribution in [3.8, 4) is 10.7 Å². The molecule has 3 rings (SSSR count). The van der Waals surface area contributed by atoms with Gasteiger partial charge in [0.25, 0.3) is 5.56 Å². The number of halogens is 1. The number of likely N-dealkylation sites (tertiary alicyclic amines) is 1. The van der Waals surface area contributed by atoms with E-state index in [4.69, 9.17) is 16.7 Å². The van der Waals surface area contributed by atoms with Crippen LogP contribution in [0.4, 0.5) is 4.79 Å². The van der Waals surface area contributed by atoms with E-state index in [1.165, 1.54) is 16.2 Å². The highest BCUT2D eigenvalue weighted by Gasteiger charge is 2.27. The fourth-order valence-electron chi connectivity index (χ4n) is 2.73. The summed E-state index contributed by atoms with van der Waals surface area (Å²) in [6.07, 6.45) is 0.280. The molecule has 9 heteroatoms. The molecule has 122 valence electrons. The van der Waals surface area contributed by atoms with Gasteiger partial charge in [0.15, 0.2) is 5.82 Å². The smallest absolute Gasteiger partial charge is 0.407 e. The van der Waals surface area contributed by atoms with Gasteiger partial charge in [-0.1, -0.05) is 11.6 Å². The first-order valence-electron chi connectivity index (χ1n) is 7.15. The van der Waals surface area contributed by atoms with Gasteiger partial charge in [-0.25, -0.2) is 14.8 Å². The summed E-state index contributed by atoms with van der Waals surface area (Å²) < 4.78 is 0. The van der Waals surface area contributed by atoms with Crippen molar-refractivity contribution in [2.45, 2.75) is 25.7 Å². The lowest BCUT2D eigenvalue weighted by atomic mass is 9.93. The number of hydrogen-bond acceptors (Lipinski definition) is 5. The van der Waals surface area contributed by atoms with E-state index >= 15 is 0 Å². The number of thiazole rings is 1. The summed E-state index contributed by atoms with van der Waals surface area (Å²) in [7, 11) is 0. The molecule has 0 radical (unpaired) electrons. The molecule has 1 aliphatic rings. The first kappa shape index (κ1) is 15.9. The molecule has 0 saturated carbocycles. The molecule has 0 atom stereocenters. The zero-order valence-electron chi connectivity index (χ0n) is 12.4. The molecule has 2 N–H and O–H groups in total. The topological polar surface area (TPSA) is 99.2 Å². The molecule has 0 unspecified atom stereocenters. The SMILES string of the molecule is Cc1ncsc1-c1nc(C2CCN(C(=O)O)CC2)c(Cl)c(=O)[nH]1. The van der Waals surface area contributed by atoms with Crippen LogP contribution in [0.2, 0.25) is 5.02 Å². The second-order valence-corrected chi connectivity index (χ2v) is 6.66. The van der Waals surface area contributed by atoms with Crippen LogP contribution >= 0.6 is 22.9 Å². The number of H-pyrrole nitrogens is 1. The van der Waals surface area contributed by atoms with Crippen molar-refractivity contribution in [2.24, 2.45) is 0 Å². The third kappa shape index (κ3) is 3.09. The first-order chi connectivity index (χ1) is 11.0. The number of amides is 1. The predicted octanol–water partition coefficient (Wildman–Crippen LogP) is 2.71. The maximum absolute atomic E-state index is 12.1. The Morgan fingerprint density at radius 1 is 1.48 bits per heavy atom. The molecule has 3 heterocycles. The Hall–Kier alpha value is -1.93. The largest absolute Gasteiger partial charge is 0.465 e. The molecule has 7 nitrogen and oxygen atoms in total. The Labute approximate surface area is 141 Å². The number of nitrogens with one attached hydrogen (secondary N) is 1. The molecule has 1 aliphatic heterocycles. The fraction of sp³-hybridized carbons (Fsp3) is 0.429. The average molecular weight is 355 g/mol. The third-order valence-corrected chi connectivity index (χ3v) is 5.30. The van der Waals surface area contributed by atoms with Crippen LogP contribution in [-0.2, 0) is 0 Å². The van der Waals surface area contributed by atoms with Crippen LogP contribution in [-0.4, -0.2) is 44.1 Å². The van der Waals surface area contributed by atoms with Gasteiger partial charge in [-0.2, -0.15) is 0 Å². The maximum Gasteiger partial charge on any atom is 0.407 e. The van der Waals surface area contributed by atoms with E-state index < -0.39 is 6.09 Å². The number of piperidine rings is 1. The summed E-state index contributed by atoms with van der Waals surface area (Å²) in [6, 6.07) is 0. The van der Waals surface area contributed by atoms with Gasteiger partial charge < -0.3 is 15.0 Å². The van der Waals surface area contributed by atoms with Crippen molar-refractivity contribution in [3.63, 3.8) is 0 Å². The molecule has 0 spiro atoms. The quantitative estimate of drug-likeness (QED) is 0.863. The molecule has 1 saturated heterocycles. The normalized spacial score (nSPS) is 15.8. The zero-order chi connectivity index (χ0) is 16.6. The lowest BCUT2D eigenvalue weighted by Gasteiger charge is -2.29. The van der Waals surface area contributed by atoms with Crippen molar-refractivity contribution < 1.29 is 9.90 Å². The Balaban J connectivity index is 1.94. The van der Waals surface area contributed by atoms with Crippen molar-refractivity contribution in [1.29, 1.82) is 0 Å². The maximum atomic E-state index is 12.1. The first-order valence-corrected chi connectivity index (χ1v) is 8.41. The van der Waals surface area contributed by atoms with Gasteiger partial charge >= 0.3 is 6.09 Å². The zero-order valence-corrected chi connectivity index (χ0v) is 13.9. The van der Waals surface area contributed by atoms with Crippen LogP contribution in [0.1, 0.15) is 30.1 Å². The minimum Gasteiger partial charge on any atom is -0.465 e. The van der Waals surface area contributed by atoms with Crippen molar-refractivity contribution >= 4 is 29.0 Å². The standard InChI is InChI=1S/C14H15ClN4O3S/c1-7-11(23-6-16-7)12-17-10(9(15)13(20)18-12)8-2-4-19(5-3-8)14(21)22/h6,8H,2-5H2,1H3,(H,21,22)(H,17,18,20). The van der Waals surface area contributed by atoms with Crippen molar-refractivity contribution in [2.75, 3.05) is 13.1 Å². The second kappa shape index (κ2) is 6.29. The monoisotopic (exact) mass is 354 g/mol. The summed E-state index contributed by atoms with van der Waals surface area (Å²) in [5, 5.41) is 9.10. The molecule has 1 fully saturated rings. The van der Waals surface area contributed by atoms with Crippen LogP contribution in [0.5, 0.6) is 0 Å². The summed E-state index contributed by atoms with van der Waals surface area (Å²) in [5.41, 5.74) is 2.67. The van der Waals surface area contributed by atoms with Gasteiger partial charge in [-0.3, -0.25) is 4.79 Å². The van der Waals surface area contributed by atoms with E-state index in [1.807, 2.05) is 6.92 Å². The molecule has 1 amide bonds. The molecule has 2 aromatic rings. The molecule has 23 heavy (non-hydrogen) atoms. The summed E-state index contributed by atoms with van der Waals surface area (Å²) in [5.74, 6) is 0.447. The van der Waals surface area contributed by atoms with Gasteiger partial charge in [-0.15, -0.1) is 11.3 Å². The summed E-state index contributed by atoms with van der Waals surface area (Å²) >= 11 is 7.55. The van der Waals surface area contributed by atoms with Gasteiger partial charge in [0.05, 0.1) is 21.8 Å². The highest BCUT2D eigenvalue weighted by Crippen LogP contribution is 2.32. The highest BCUT2D eigenvalue weighted by molar-refractivity contribution is 7.13. The molecular weight excluding hydrogens is 340 g/mol. The molecular formula is C14H15ClN4O3S. The van der Waals surface area contributed by atoms with Gasteiger partial charge in [0.2, 0.25) is 0 Å². The predicted molar refractivity (Wildman–Crippen MR) is 87.3 cm³/mol. The van der Waals surface area contributed by atoms with E-state index in [1.54, 1.807) is 5.51 Å². The van der Waals surface area contributed by atoms with Gasteiger partial charge in [0.1, 0.15) is 5.02 Å². The third-order valence-electron chi connectivity index (χ3n) is 4.00. The van der Waals surface area contributed by atoms with Crippen LogP contribution < -0.4 is 5.56 Å². The number of aryl methyl sites for hydroxylation is 1. The van der Waals surface area contributed by atoms with E-state index in [0.717, 1.165) is 10.6 Å². The van der Waals surface area contributed by atoms with Crippen LogP contribution in [0.25, 0.3) is 10.7 Å². The molecule has 0 aromatic carbocycles. The molecule has 2 aromatic heterocycles. The number of carboxylic acid groups (broad SMARTS) is 1. The Kier molecular flexibility index (Phi) is 4.36. The summed E-state index contributed by atoms with van der Waals surface area (Å²) in [6.45, 7) is 2.69. The fourth-order valence-corrected chi connectivity index (χ4v) is 3.72. The lowest BCUT2D eigenvalue weighted by Crippen LogP contribution is -2.37. The molecule has 0 bridgehead atoms. The second-order valence-electron chi connectivity index (χ2n) is 5.42. The number of hydrogen-bond donors (Lipinski definition) is 2. The number of aromatic nitrogens is 3. The summed E-state index contributed by atoms with van der Waals surface area (Å²) in [4.78, 5) is 36.7. The lowest BCUT2D eigenvalue weighted by molar-refractivity contribution is 0.131. The van der Waals surface area contributed by atoms with Gasteiger partial charge in [0, 0.05) is 19.0 Å². The van der Waals surface area contributed by atoms with Gasteiger partial charge in [-0.05, 0) is 19.8 Å². The Morgan fingerprint density at radius 2 is 2.17 bits per heavy atom. The number of rotatable bonds is 2. The Bertz CT molecular complexity index is 796. The molecule has 0 aliphatic carbocycles. The minimum atomic E-state index is -0.922. The van der Waals surface area contributed by atoms with E-state index in [2.05, 4.69) is 15.0 Å². The van der Waals surface area contributed by atoms with E-state index in [9.17, 15) is 9.59 Å². The highest BCUT2D eigenvalue weighted by atomic mass is 35.5. The number of nitrogens with zero attached hydrogens (tertiary/aromatic N) is 3. The number of aromatic amines is 1. The average Bonchev–Trinajstić information content (AvgIpc) is 2.96. The number of carbonyl (C=O) groups is 1.